The standard InChI is InChI=1S/C7H14.2C6H12.2C5H10.3C4H8/c1-4-6-7(3)5-2;1-5(2)6(3)4;1-3-5-6-4-2;1-4-5(2)3;1-3-5-4-2;1-4(2)3;2*1-3-4-2/h6H,4-5H2,1-3H3;1-4H3;5-6H,3-4H2,1-2H3;4H,1-3H3;3,5H,4H2,1-2H3;1H2,2-3H3;3-4H,1-2H3;3H,1,4H2,2H3/b7-6+;;6-5+;;5-3+;;4-3+;. The van der Waals surface area contributed by atoms with Crippen molar-refractivity contribution in [2.75, 3.05) is 0 Å². The average molecular weight is 575 g/mol. The van der Waals surface area contributed by atoms with Gasteiger partial charge in [-0.3, -0.25) is 0 Å². The lowest BCUT2D eigenvalue weighted by Crippen LogP contribution is -1.67. The summed E-state index contributed by atoms with van der Waals surface area (Å²) in [4.78, 5) is 0. The van der Waals surface area contributed by atoms with Gasteiger partial charge in [-0.2, -0.15) is 0 Å². The highest BCUT2D eigenvalue weighted by Crippen LogP contribution is 1.98. The van der Waals surface area contributed by atoms with Crippen LogP contribution in [0.1, 0.15) is 170 Å². The van der Waals surface area contributed by atoms with E-state index in [1.54, 1.807) is 0 Å². The molecule has 41 heavy (non-hydrogen) atoms. The fraction of sp³-hybridized carbons (Fsp3) is 0.610. The number of hydrogen-bond donors (Lipinski definition) is 0. The topological polar surface area (TPSA) is 0 Å². The Labute approximate surface area is 265 Å². The zero-order chi connectivity index (χ0) is 34.5. The van der Waals surface area contributed by atoms with Gasteiger partial charge >= 0.3 is 0 Å². The van der Waals surface area contributed by atoms with Gasteiger partial charge in [0.15, 0.2) is 0 Å². The van der Waals surface area contributed by atoms with Crippen molar-refractivity contribution in [3.05, 3.63) is 95.7 Å². The first-order valence-corrected chi connectivity index (χ1v) is 16.0. The van der Waals surface area contributed by atoms with Crippen LogP contribution in [0.4, 0.5) is 0 Å². The molecule has 0 aliphatic carbocycles. The van der Waals surface area contributed by atoms with Gasteiger partial charge in [-0.1, -0.05) is 124 Å². The fourth-order valence-corrected chi connectivity index (χ4v) is 1.06. The molecule has 0 fully saturated rings. The highest BCUT2D eigenvalue weighted by atomic mass is 13.8. The van der Waals surface area contributed by atoms with Crippen molar-refractivity contribution < 1.29 is 0 Å². The van der Waals surface area contributed by atoms with Crippen LogP contribution in [0.2, 0.25) is 0 Å². The van der Waals surface area contributed by atoms with Crippen molar-refractivity contribution in [1.82, 2.24) is 0 Å². The summed E-state index contributed by atoms with van der Waals surface area (Å²) in [6.07, 6.45) is 25.7. The van der Waals surface area contributed by atoms with E-state index < -0.39 is 0 Å². The van der Waals surface area contributed by atoms with Gasteiger partial charge < -0.3 is 0 Å². The second-order valence-corrected chi connectivity index (χ2v) is 10.0. The maximum absolute atomic E-state index is 3.56. The Bertz CT molecular complexity index is 591. The second-order valence-electron chi connectivity index (χ2n) is 10.0. The minimum atomic E-state index is 1.08. The minimum absolute atomic E-state index is 1.08. The van der Waals surface area contributed by atoms with Gasteiger partial charge in [0.05, 0.1) is 0 Å². The Balaban J connectivity index is -0.0000000510. The number of hydrogen-bond acceptors (Lipinski definition) is 0. The van der Waals surface area contributed by atoms with Crippen molar-refractivity contribution in [3.63, 3.8) is 0 Å². The third-order valence-corrected chi connectivity index (χ3v) is 4.42. The van der Waals surface area contributed by atoms with Crippen molar-refractivity contribution >= 4 is 0 Å². The minimum Gasteiger partial charge on any atom is -0.103 e. The molecule has 0 N–H and O–H groups in total. The van der Waals surface area contributed by atoms with Crippen LogP contribution in [-0.2, 0) is 0 Å². The molecule has 0 aromatic carbocycles. The molecular weight excluding hydrogens is 492 g/mol. The van der Waals surface area contributed by atoms with Crippen molar-refractivity contribution in [2.24, 2.45) is 0 Å². The van der Waals surface area contributed by atoms with E-state index >= 15 is 0 Å². The van der Waals surface area contributed by atoms with Crippen LogP contribution in [-0.4, -0.2) is 0 Å². The van der Waals surface area contributed by atoms with E-state index in [0.717, 1.165) is 12.8 Å². The first-order valence-electron chi connectivity index (χ1n) is 16.0. The van der Waals surface area contributed by atoms with E-state index in [2.05, 4.69) is 140 Å². The Hall–Kier alpha value is -2.08. The SMILES string of the molecule is C/C=C/C.C/C=C/CC.C=C(C)C.C=CCC.CC(C)=C(C)C.CC/C=C(\C)CC.CC/C=C/CC.CC=C(C)C. The monoisotopic (exact) mass is 575 g/mol. The van der Waals surface area contributed by atoms with Crippen LogP contribution in [0.3, 0.4) is 0 Å². The highest BCUT2D eigenvalue weighted by Gasteiger charge is 1.77. The third-order valence-electron chi connectivity index (χ3n) is 4.42. The maximum atomic E-state index is 3.56. The van der Waals surface area contributed by atoms with E-state index in [4.69, 9.17) is 0 Å². The molecule has 0 rings (SSSR count). The molecule has 0 amide bonds. The third kappa shape index (κ3) is 193. The Morgan fingerprint density at radius 1 is 0.512 bits per heavy atom. The molecule has 0 saturated heterocycles. The van der Waals surface area contributed by atoms with Crippen LogP contribution in [0.15, 0.2) is 95.7 Å². The van der Waals surface area contributed by atoms with Crippen LogP contribution >= 0.6 is 0 Å². The predicted molar refractivity (Wildman–Crippen MR) is 205 cm³/mol. The van der Waals surface area contributed by atoms with Gasteiger partial charge in [-0.15, -0.1) is 13.2 Å². The first kappa shape index (κ1) is 58.5. The summed E-state index contributed by atoms with van der Waals surface area (Å²) in [5.41, 5.74) is 6.90. The molecule has 0 aromatic heterocycles. The average Bonchev–Trinajstić information content (AvgIpc) is 2.93. The van der Waals surface area contributed by atoms with Gasteiger partial charge in [0, 0.05) is 0 Å². The molecule has 0 aliphatic rings. The van der Waals surface area contributed by atoms with Gasteiger partial charge in [-0.05, 0) is 129 Å². The lowest BCUT2D eigenvalue weighted by molar-refractivity contribution is 1.06. The largest absolute Gasteiger partial charge is 0.103 e. The van der Waals surface area contributed by atoms with E-state index in [1.165, 1.54) is 53.5 Å². The highest BCUT2D eigenvalue weighted by molar-refractivity contribution is 5.02. The number of rotatable bonds is 6. The van der Waals surface area contributed by atoms with Crippen LogP contribution < -0.4 is 0 Å². The van der Waals surface area contributed by atoms with E-state index in [-0.39, 0.29) is 0 Å². The van der Waals surface area contributed by atoms with E-state index in [1.807, 2.05) is 59.8 Å². The first-order chi connectivity index (χ1) is 19.1. The molecule has 0 spiro atoms. The molecule has 0 radical (unpaired) electrons. The van der Waals surface area contributed by atoms with Gasteiger partial charge in [0.25, 0.3) is 0 Å². The second kappa shape index (κ2) is 66.3. The van der Waals surface area contributed by atoms with Crippen LogP contribution in [0.25, 0.3) is 0 Å². The summed E-state index contributed by atoms with van der Waals surface area (Å²) in [5.74, 6) is 0. The molecule has 0 bridgehead atoms. The van der Waals surface area contributed by atoms with Crippen molar-refractivity contribution in [1.29, 1.82) is 0 Å². The summed E-state index contributed by atoms with van der Waals surface area (Å²) in [6, 6.07) is 0. The normalized spacial score (nSPS) is 9.00. The lowest BCUT2D eigenvalue weighted by Gasteiger charge is -1.88. The predicted octanol–water partition coefficient (Wildman–Crippen LogP) is 16.2. The van der Waals surface area contributed by atoms with E-state index in [9.17, 15) is 0 Å². The summed E-state index contributed by atoms with van der Waals surface area (Å²) in [7, 11) is 0. The van der Waals surface area contributed by atoms with Gasteiger partial charge in [0.1, 0.15) is 0 Å². The van der Waals surface area contributed by atoms with Crippen molar-refractivity contribution in [3.8, 4) is 0 Å². The molecule has 0 atom stereocenters. The molecular formula is C41H82. The lowest BCUT2D eigenvalue weighted by atomic mass is 10.2. The maximum Gasteiger partial charge on any atom is -0.0352 e. The Morgan fingerprint density at radius 2 is 0.805 bits per heavy atom. The van der Waals surface area contributed by atoms with Crippen LogP contribution in [0, 0.1) is 0 Å². The van der Waals surface area contributed by atoms with Crippen LogP contribution in [0.5, 0.6) is 0 Å². The Kier molecular flexibility index (Phi) is 94.7. The summed E-state index contributed by atoms with van der Waals surface area (Å²) >= 11 is 0. The molecule has 0 nitrogen and oxygen atoms in total. The smallest absolute Gasteiger partial charge is 0.0352 e. The molecule has 0 aromatic rings. The van der Waals surface area contributed by atoms with Gasteiger partial charge in [0.2, 0.25) is 0 Å². The van der Waals surface area contributed by atoms with Gasteiger partial charge in [-0.25, -0.2) is 0 Å². The fourth-order valence-electron chi connectivity index (χ4n) is 1.06. The molecule has 0 saturated carbocycles. The quantitative estimate of drug-likeness (QED) is 0.277. The molecule has 246 valence electrons. The van der Waals surface area contributed by atoms with Crippen molar-refractivity contribution in [2.45, 2.75) is 170 Å². The molecule has 0 heterocycles. The summed E-state index contributed by atoms with van der Waals surface area (Å²) < 4.78 is 0. The Morgan fingerprint density at radius 3 is 0.854 bits per heavy atom. The molecule has 0 heteroatoms. The summed E-state index contributed by atoms with van der Waals surface area (Å²) in [6.45, 7) is 46.7. The summed E-state index contributed by atoms with van der Waals surface area (Å²) in [5, 5.41) is 0. The van der Waals surface area contributed by atoms with E-state index in [0.29, 0.717) is 0 Å². The zero-order valence-corrected chi connectivity index (χ0v) is 32.4. The molecule has 0 aliphatic heterocycles. The zero-order valence-electron chi connectivity index (χ0n) is 32.4. The molecule has 0 unspecified atom stereocenters. The number of allylic oxidation sites excluding steroid dienone is 14.